The third-order valence-electron chi connectivity index (χ3n) is 4.11. The number of hydrogen-bond donors (Lipinski definition) is 4. The highest BCUT2D eigenvalue weighted by Crippen LogP contribution is 2.19. The molecule has 0 aliphatic rings. The fourth-order valence-electron chi connectivity index (χ4n) is 2.62. The summed E-state index contributed by atoms with van der Waals surface area (Å²) in [5, 5.41) is 15.2. The molecule has 5 N–H and O–H groups in total. The van der Waals surface area contributed by atoms with Gasteiger partial charge in [0.2, 0.25) is 5.91 Å². The van der Waals surface area contributed by atoms with Crippen LogP contribution in [-0.4, -0.2) is 36.3 Å². The van der Waals surface area contributed by atoms with Gasteiger partial charge in [0.25, 0.3) is 0 Å². The number of primary amides is 1. The van der Waals surface area contributed by atoms with E-state index in [2.05, 4.69) is 10.6 Å². The second-order valence-electron chi connectivity index (χ2n) is 6.41. The Labute approximate surface area is 158 Å². The van der Waals surface area contributed by atoms with Gasteiger partial charge in [-0.15, -0.1) is 0 Å². The van der Waals surface area contributed by atoms with Gasteiger partial charge in [0.05, 0.1) is 0 Å². The van der Waals surface area contributed by atoms with Crippen molar-refractivity contribution < 1.29 is 19.4 Å². The van der Waals surface area contributed by atoms with Crippen LogP contribution in [0.4, 0.5) is 10.5 Å². The van der Waals surface area contributed by atoms with Gasteiger partial charge in [-0.1, -0.05) is 23.8 Å². The Morgan fingerprint density at radius 1 is 1.19 bits per heavy atom. The molecule has 0 aromatic heterocycles. The molecule has 2 aromatic rings. The zero-order valence-corrected chi connectivity index (χ0v) is 15.7. The van der Waals surface area contributed by atoms with E-state index in [4.69, 9.17) is 10.5 Å². The Morgan fingerprint density at radius 3 is 2.59 bits per heavy atom. The summed E-state index contributed by atoms with van der Waals surface area (Å²) < 4.78 is 5.59. The molecule has 1 unspecified atom stereocenters. The van der Waals surface area contributed by atoms with Crippen LogP contribution < -0.4 is 21.1 Å². The van der Waals surface area contributed by atoms with Crippen molar-refractivity contribution >= 4 is 17.6 Å². The van der Waals surface area contributed by atoms with Crippen LogP contribution in [0.3, 0.4) is 0 Å². The van der Waals surface area contributed by atoms with Crippen molar-refractivity contribution in [2.24, 2.45) is 5.73 Å². The number of carbonyl (C=O) groups is 2. The topological polar surface area (TPSA) is 114 Å². The van der Waals surface area contributed by atoms with E-state index >= 15 is 0 Å². The zero-order chi connectivity index (χ0) is 20.0. The highest BCUT2D eigenvalue weighted by Gasteiger charge is 2.12. The van der Waals surface area contributed by atoms with Gasteiger partial charge < -0.3 is 26.2 Å². The van der Waals surface area contributed by atoms with Crippen LogP contribution in [-0.2, 0) is 0 Å². The Morgan fingerprint density at radius 2 is 1.93 bits per heavy atom. The number of rotatable bonds is 7. The lowest BCUT2D eigenvalue weighted by atomic mass is 10.1. The van der Waals surface area contributed by atoms with E-state index in [1.807, 2.05) is 32.0 Å². The monoisotopic (exact) mass is 371 g/mol. The minimum absolute atomic E-state index is 0.0191. The highest BCUT2D eigenvalue weighted by atomic mass is 16.5. The van der Waals surface area contributed by atoms with Crippen molar-refractivity contribution in [1.82, 2.24) is 5.32 Å². The smallest absolute Gasteiger partial charge is 0.319 e. The minimum atomic E-state index is -0.866. The van der Waals surface area contributed by atoms with Crippen molar-refractivity contribution in [1.29, 1.82) is 0 Å². The molecule has 0 aliphatic carbocycles. The molecule has 3 amide bonds. The van der Waals surface area contributed by atoms with Gasteiger partial charge in [-0.3, -0.25) is 4.79 Å². The summed E-state index contributed by atoms with van der Waals surface area (Å²) in [7, 11) is 0. The van der Waals surface area contributed by atoms with Gasteiger partial charge >= 0.3 is 6.03 Å². The number of anilines is 1. The van der Waals surface area contributed by atoms with Crippen LogP contribution in [0.1, 0.15) is 27.0 Å². The first-order chi connectivity index (χ1) is 12.8. The quantitative estimate of drug-likeness (QED) is 0.598. The van der Waals surface area contributed by atoms with Crippen molar-refractivity contribution in [2.45, 2.75) is 26.9 Å². The number of aryl methyl sites for hydroxylation is 2. The lowest BCUT2D eigenvalue weighted by Gasteiger charge is -2.16. The Bertz CT molecular complexity index is 836. The summed E-state index contributed by atoms with van der Waals surface area (Å²) in [4.78, 5) is 23.4. The van der Waals surface area contributed by atoms with E-state index in [1.54, 1.807) is 25.1 Å². The van der Waals surface area contributed by atoms with E-state index in [1.165, 1.54) is 0 Å². The zero-order valence-electron chi connectivity index (χ0n) is 15.7. The molecule has 0 heterocycles. The van der Waals surface area contributed by atoms with E-state index < -0.39 is 18.0 Å². The number of hydrogen-bond acceptors (Lipinski definition) is 4. The molecule has 27 heavy (non-hydrogen) atoms. The summed E-state index contributed by atoms with van der Waals surface area (Å²) in [5.74, 6) is 0.138. The molecule has 2 rings (SSSR count). The van der Waals surface area contributed by atoms with Gasteiger partial charge in [0.1, 0.15) is 18.5 Å². The molecule has 1 atom stereocenters. The molecule has 0 aliphatic heterocycles. The predicted molar refractivity (Wildman–Crippen MR) is 104 cm³/mol. The number of ether oxygens (including phenoxy) is 1. The van der Waals surface area contributed by atoms with E-state index in [-0.39, 0.29) is 13.2 Å². The summed E-state index contributed by atoms with van der Waals surface area (Å²) in [6.07, 6.45) is -0.866. The first-order valence-corrected chi connectivity index (χ1v) is 8.60. The highest BCUT2D eigenvalue weighted by molar-refractivity contribution is 5.98. The van der Waals surface area contributed by atoms with Gasteiger partial charge in [0.15, 0.2) is 0 Å². The fourth-order valence-corrected chi connectivity index (χ4v) is 2.62. The number of aliphatic hydroxyl groups excluding tert-OH is 1. The van der Waals surface area contributed by atoms with Crippen molar-refractivity contribution in [3.63, 3.8) is 0 Å². The van der Waals surface area contributed by atoms with Crippen LogP contribution in [0.15, 0.2) is 36.4 Å². The molecule has 7 nitrogen and oxygen atoms in total. The third-order valence-corrected chi connectivity index (χ3v) is 4.11. The fraction of sp³-hybridized carbons (Fsp3) is 0.300. The number of nitrogens with two attached hydrogens (primary N) is 1. The maximum absolute atomic E-state index is 12.0. The number of amides is 3. The molecular formula is C20H25N3O4. The van der Waals surface area contributed by atoms with Crippen LogP contribution in [0, 0.1) is 20.8 Å². The Balaban J connectivity index is 1.83. The summed E-state index contributed by atoms with van der Waals surface area (Å²) >= 11 is 0. The van der Waals surface area contributed by atoms with E-state index in [0.29, 0.717) is 22.6 Å². The molecule has 0 bridgehead atoms. The lowest BCUT2D eigenvalue weighted by molar-refractivity contribution is 0.0999. The van der Waals surface area contributed by atoms with E-state index in [0.717, 1.165) is 11.1 Å². The first-order valence-electron chi connectivity index (χ1n) is 8.60. The number of carbonyl (C=O) groups excluding carboxylic acids is 2. The molecule has 2 aromatic carbocycles. The first kappa shape index (κ1) is 20.3. The average Bonchev–Trinajstić information content (AvgIpc) is 2.60. The maximum atomic E-state index is 12.0. The van der Waals surface area contributed by atoms with E-state index in [9.17, 15) is 14.7 Å². The number of aliphatic hydroxyl groups is 1. The van der Waals surface area contributed by atoms with Crippen LogP contribution in [0.2, 0.25) is 0 Å². The van der Waals surface area contributed by atoms with Gasteiger partial charge in [-0.05, 0) is 50.1 Å². The molecule has 0 spiro atoms. The maximum Gasteiger partial charge on any atom is 0.319 e. The molecular weight excluding hydrogens is 346 g/mol. The minimum Gasteiger partial charge on any atom is -0.491 e. The number of nitrogens with one attached hydrogen (secondary N) is 2. The Hall–Kier alpha value is -3.06. The van der Waals surface area contributed by atoms with Crippen molar-refractivity contribution in [3.8, 4) is 5.75 Å². The van der Waals surface area contributed by atoms with Gasteiger partial charge in [-0.25, -0.2) is 4.79 Å². The molecule has 0 radical (unpaired) electrons. The largest absolute Gasteiger partial charge is 0.491 e. The van der Waals surface area contributed by atoms with Gasteiger partial charge in [-0.2, -0.15) is 0 Å². The van der Waals surface area contributed by atoms with Crippen LogP contribution in [0.5, 0.6) is 5.75 Å². The summed E-state index contributed by atoms with van der Waals surface area (Å²) in [6.45, 7) is 5.70. The number of urea groups is 1. The third kappa shape index (κ3) is 5.72. The normalized spacial score (nSPS) is 11.6. The number of benzene rings is 2. The molecule has 0 saturated heterocycles. The summed E-state index contributed by atoms with van der Waals surface area (Å²) in [5.41, 5.74) is 8.82. The standard InChI is InChI=1S/C20H25N3O4/c1-12-7-8-18(13(2)9-12)27-11-15(24)10-22-20(26)23-17-6-4-5-16(14(17)3)19(21)25/h4-9,15,24H,10-11H2,1-3H3,(H2,21,25)(H2,22,23,26). The second kappa shape index (κ2) is 9.05. The van der Waals surface area contributed by atoms with Crippen LogP contribution in [0.25, 0.3) is 0 Å². The van der Waals surface area contributed by atoms with Crippen molar-refractivity contribution in [3.05, 3.63) is 58.7 Å². The van der Waals surface area contributed by atoms with Gasteiger partial charge in [0, 0.05) is 17.8 Å². The predicted octanol–water partition coefficient (Wildman–Crippen LogP) is 2.27. The average molecular weight is 371 g/mol. The molecule has 7 heteroatoms. The van der Waals surface area contributed by atoms with Crippen molar-refractivity contribution in [2.75, 3.05) is 18.5 Å². The lowest BCUT2D eigenvalue weighted by Crippen LogP contribution is -2.37. The molecule has 0 fully saturated rings. The second-order valence-corrected chi connectivity index (χ2v) is 6.41. The van der Waals surface area contributed by atoms with Crippen LogP contribution >= 0.6 is 0 Å². The molecule has 144 valence electrons. The Kier molecular flexibility index (Phi) is 6.79. The summed E-state index contributed by atoms with van der Waals surface area (Å²) in [6, 6.07) is 10.2. The molecule has 0 saturated carbocycles. The SMILES string of the molecule is Cc1ccc(OCC(O)CNC(=O)Nc2cccc(C(N)=O)c2C)c(C)c1.